The summed E-state index contributed by atoms with van der Waals surface area (Å²) in [6.07, 6.45) is 0. The first-order chi connectivity index (χ1) is 3.72. The molecule has 0 heterocycles. The lowest BCUT2D eigenvalue weighted by molar-refractivity contribution is -0.111. The number of hydrogen-bond acceptors (Lipinski definition) is 3. The Balaban J connectivity index is 3.83. The number of carbonyl (C=O) groups is 1. The number of halogens is 1. The lowest BCUT2D eigenvalue weighted by Crippen LogP contribution is -2.24. The fourth-order valence-electron chi connectivity index (χ4n) is 0.124. The first-order valence-electron chi connectivity index (χ1n) is 1.79. The third-order valence-corrected chi connectivity index (χ3v) is 0.758. The highest BCUT2D eigenvalue weighted by Gasteiger charge is 2.03. The molecule has 46 valence electrons. The minimum absolute atomic E-state index is 0.254. The third-order valence-electron chi connectivity index (χ3n) is 0.515. The molecule has 8 heavy (non-hydrogen) atoms. The van der Waals surface area contributed by atoms with Crippen LogP contribution in [0.4, 0.5) is 0 Å². The van der Waals surface area contributed by atoms with E-state index in [9.17, 15) is 4.79 Å². The van der Waals surface area contributed by atoms with Gasteiger partial charge in [0.25, 0.3) is 0 Å². The maximum absolute atomic E-state index is 10.2. The number of alkyl halides is 1. The maximum Gasteiger partial charge on any atom is 0.215 e. The van der Waals surface area contributed by atoms with E-state index in [1.807, 2.05) is 0 Å². The number of nitrogens with zero attached hydrogens (tertiary/aromatic N) is 1. The highest BCUT2D eigenvalue weighted by atomic mass is 35.5. The molecule has 0 bridgehead atoms. The summed E-state index contributed by atoms with van der Waals surface area (Å²) in [5.74, 6) is -1.29. The van der Waals surface area contributed by atoms with Crippen LogP contribution in [0.1, 0.15) is 0 Å². The zero-order valence-electron chi connectivity index (χ0n) is 3.97. The van der Waals surface area contributed by atoms with E-state index in [0.717, 1.165) is 0 Å². The molecule has 0 unspecified atom stereocenters. The molecule has 0 aliphatic heterocycles. The molecule has 0 saturated carbocycles. The summed E-state index contributed by atoms with van der Waals surface area (Å²) in [7, 11) is 0. The van der Waals surface area contributed by atoms with Crippen molar-refractivity contribution >= 4 is 23.2 Å². The molecule has 0 saturated heterocycles. The Morgan fingerprint density at radius 1 is 1.88 bits per heavy atom. The van der Waals surface area contributed by atoms with Crippen LogP contribution in [-0.4, -0.2) is 22.7 Å². The topological polar surface area (TPSA) is 75.7 Å². The minimum atomic E-state index is -0.575. The van der Waals surface area contributed by atoms with Gasteiger partial charge in [-0.05, 0) is 0 Å². The van der Waals surface area contributed by atoms with Gasteiger partial charge < -0.3 is 10.9 Å². The van der Waals surface area contributed by atoms with E-state index in [2.05, 4.69) is 5.16 Å². The second-order valence-electron chi connectivity index (χ2n) is 1.04. The Morgan fingerprint density at radius 3 is 2.50 bits per heavy atom. The lowest BCUT2D eigenvalue weighted by atomic mass is 10.4. The maximum atomic E-state index is 10.2. The van der Waals surface area contributed by atoms with E-state index in [4.69, 9.17) is 22.5 Å². The van der Waals surface area contributed by atoms with Crippen molar-refractivity contribution in [2.45, 2.75) is 0 Å². The monoisotopic (exact) mass is 136 g/mol. The van der Waals surface area contributed by atoms with Gasteiger partial charge in [0, 0.05) is 0 Å². The van der Waals surface area contributed by atoms with Gasteiger partial charge in [0.15, 0.2) is 0 Å². The van der Waals surface area contributed by atoms with Crippen molar-refractivity contribution in [2.75, 3.05) is 5.88 Å². The van der Waals surface area contributed by atoms with Crippen molar-refractivity contribution in [3.8, 4) is 0 Å². The van der Waals surface area contributed by atoms with Crippen molar-refractivity contribution in [3.63, 3.8) is 0 Å². The molecule has 0 fully saturated rings. The summed E-state index contributed by atoms with van der Waals surface area (Å²) in [6.45, 7) is 0. The van der Waals surface area contributed by atoms with Crippen LogP contribution in [0.5, 0.6) is 0 Å². The number of ketones is 1. The first kappa shape index (κ1) is 7.23. The van der Waals surface area contributed by atoms with Gasteiger partial charge in [0.05, 0.1) is 5.88 Å². The summed E-state index contributed by atoms with van der Waals surface area (Å²) in [5.41, 5.74) is 4.79. The highest BCUT2D eigenvalue weighted by molar-refractivity contribution is 6.47. The van der Waals surface area contributed by atoms with Crippen LogP contribution in [0.2, 0.25) is 0 Å². The van der Waals surface area contributed by atoms with Crippen molar-refractivity contribution in [2.24, 2.45) is 10.9 Å². The van der Waals surface area contributed by atoms with Gasteiger partial charge in [-0.25, -0.2) is 0 Å². The average Bonchev–Trinajstić information content (AvgIpc) is 1.84. The lowest BCUT2D eigenvalue weighted by Gasteiger charge is -1.87. The molecule has 0 rings (SSSR count). The molecule has 0 aliphatic carbocycles. The standard InChI is InChI=1S/C3H5ClN2O2/c4-1-2(7)3(5)6-8/h8H,1H2,(H2,5,6). The van der Waals surface area contributed by atoms with Gasteiger partial charge in [0.2, 0.25) is 11.6 Å². The SMILES string of the molecule is NC(=NO)C(=O)CCl. The second kappa shape index (κ2) is 3.26. The number of oxime groups is 1. The summed E-state index contributed by atoms with van der Waals surface area (Å²) in [4.78, 5) is 10.2. The van der Waals surface area contributed by atoms with Crippen molar-refractivity contribution < 1.29 is 10.0 Å². The van der Waals surface area contributed by atoms with E-state index < -0.39 is 11.6 Å². The number of hydrogen-bond donors (Lipinski definition) is 2. The molecule has 0 amide bonds. The molecular weight excluding hydrogens is 131 g/mol. The summed E-state index contributed by atoms with van der Waals surface area (Å²) >= 11 is 5.00. The Labute approximate surface area is 50.9 Å². The molecule has 0 aromatic rings. The average molecular weight is 137 g/mol. The predicted molar refractivity (Wildman–Crippen MR) is 29.1 cm³/mol. The van der Waals surface area contributed by atoms with Gasteiger partial charge in [-0.1, -0.05) is 5.16 Å². The zero-order chi connectivity index (χ0) is 6.57. The molecule has 4 nitrogen and oxygen atoms in total. The Kier molecular flexibility index (Phi) is 2.95. The molecule has 0 spiro atoms. The predicted octanol–water partition coefficient (Wildman–Crippen LogP) is -0.459. The van der Waals surface area contributed by atoms with Crippen LogP contribution in [0.15, 0.2) is 5.16 Å². The molecule has 0 aromatic heterocycles. The van der Waals surface area contributed by atoms with E-state index in [0.29, 0.717) is 0 Å². The molecule has 0 aliphatic rings. The summed E-state index contributed by atoms with van der Waals surface area (Å²) < 4.78 is 0. The summed E-state index contributed by atoms with van der Waals surface area (Å²) in [6, 6.07) is 0. The largest absolute Gasteiger partial charge is 0.409 e. The van der Waals surface area contributed by atoms with Crippen LogP contribution in [-0.2, 0) is 4.79 Å². The van der Waals surface area contributed by atoms with Gasteiger partial charge >= 0.3 is 0 Å². The van der Waals surface area contributed by atoms with Gasteiger partial charge in [0.1, 0.15) is 0 Å². The number of Topliss-reactive ketones (excluding diaryl/α,β-unsaturated/α-hetero) is 1. The quantitative estimate of drug-likeness (QED) is 0.177. The number of amidine groups is 1. The molecule has 5 heteroatoms. The number of rotatable bonds is 2. The first-order valence-corrected chi connectivity index (χ1v) is 2.32. The minimum Gasteiger partial charge on any atom is -0.409 e. The van der Waals surface area contributed by atoms with Gasteiger partial charge in [-0.15, -0.1) is 11.6 Å². The van der Waals surface area contributed by atoms with E-state index >= 15 is 0 Å². The van der Waals surface area contributed by atoms with E-state index in [1.54, 1.807) is 0 Å². The fraction of sp³-hybridized carbons (Fsp3) is 0.333. The Morgan fingerprint density at radius 2 is 2.38 bits per heavy atom. The van der Waals surface area contributed by atoms with Crippen LogP contribution < -0.4 is 5.73 Å². The summed E-state index contributed by atoms with van der Waals surface area (Å²) in [5, 5.41) is 10.2. The third kappa shape index (κ3) is 1.79. The van der Waals surface area contributed by atoms with Crippen LogP contribution in [0, 0.1) is 0 Å². The molecule has 0 radical (unpaired) electrons. The van der Waals surface area contributed by atoms with Gasteiger partial charge in [-0.2, -0.15) is 0 Å². The second-order valence-corrected chi connectivity index (χ2v) is 1.31. The Bertz CT molecular complexity index is 122. The smallest absolute Gasteiger partial charge is 0.215 e. The van der Waals surface area contributed by atoms with Crippen molar-refractivity contribution in [1.82, 2.24) is 0 Å². The van der Waals surface area contributed by atoms with E-state index in [1.165, 1.54) is 0 Å². The van der Waals surface area contributed by atoms with E-state index in [-0.39, 0.29) is 5.88 Å². The number of nitrogens with two attached hydrogens (primary N) is 1. The molecule has 0 aromatic carbocycles. The van der Waals surface area contributed by atoms with Crippen LogP contribution in [0.3, 0.4) is 0 Å². The van der Waals surface area contributed by atoms with Crippen LogP contribution >= 0.6 is 11.6 Å². The molecular formula is C3H5ClN2O2. The fourth-order valence-corrected chi connectivity index (χ4v) is 0.261. The Hall–Kier alpha value is -0.770. The molecule has 3 N–H and O–H groups in total. The van der Waals surface area contributed by atoms with Crippen molar-refractivity contribution in [1.29, 1.82) is 0 Å². The zero-order valence-corrected chi connectivity index (χ0v) is 4.72. The van der Waals surface area contributed by atoms with Crippen molar-refractivity contribution in [3.05, 3.63) is 0 Å². The number of carbonyl (C=O) groups excluding carboxylic acids is 1. The van der Waals surface area contributed by atoms with Gasteiger partial charge in [-0.3, -0.25) is 4.79 Å². The molecule has 0 atom stereocenters. The normalized spacial score (nSPS) is 11.4. The highest BCUT2D eigenvalue weighted by Crippen LogP contribution is 1.77. The van der Waals surface area contributed by atoms with Crippen LogP contribution in [0.25, 0.3) is 0 Å².